The van der Waals surface area contributed by atoms with Gasteiger partial charge in [0.1, 0.15) is 0 Å². The number of hydrogen-bond acceptors (Lipinski definition) is 3. The van der Waals surface area contributed by atoms with Gasteiger partial charge in [-0.05, 0) is 59.8 Å². The third-order valence-corrected chi connectivity index (χ3v) is 5.30. The van der Waals surface area contributed by atoms with Gasteiger partial charge in [0, 0.05) is 17.5 Å². The molecular formula is C13H21BrN2S. The van der Waals surface area contributed by atoms with E-state index in [1.54, 1.807) is 0 Å². The zero-order valence-electron chi connectivity index (χ0n) is 10.1. The Morgan fingerprint density at radius 1 is 1.35 bits per heavy atom. The molecule has 2 nitrogen and oxygen atoms in total. The van der Waals surface area contributed by atoms with Crippen LogP contribution >= 0.6 is 27.3 Å². The lowest BCUT2D eigenvalue weighted by Crippen LogP contribution is -2.42. The van der Waals surface area contributed by atoms with Crippen LogP contribution < -0.4 is 11.1 Å². The van der Waals surface area contributed by atoms with Gasteiger partial charge in [0.15, 0.2) is 0 Å². The molecule has 0 saturated heterocycles. The molecule has 2 unspecified atom stereocenters. The molecule has 0 spiro atoms. The first-order chi connectivity index (χ1) is 8.29. The van der Waals surface area contributed by atoms with Crippen LogP contribution in [0.15, 0.2) is 15.9 Å². The van der Waals surface area contributed by atoms with Crippen LogP contribution in [0.1, 0.15) is 30.6 Å². The molecule has 2 rings (SSSR count). The summed E-state index contributed by atoms with van der Waals surface area (Å²) in [6, 6.07) is 4.98. The minimum Gasteiger partial charge on any atom is -0.330 e. The molecule has 1 saturated carbocycles. The van der Waals surface area contributed by atoms with Crippen molar-refractivity contribution in [2.45, 2.75) is 38.1 Å². The topological polar surface area (TPSA) is 38.0 Å². The molecule has 3 N–H and O–H groups in total. The molecule has 1 aromatic heterocycles. The van der Waals surface area contributed by atoms with Gasteiger partial charge in [0.25, 0.3) is 0 Å². The number of thiophene rings is 1. The Morgan fingerprint density at radius 2 is 2.18 bits per heavy atom. The maximum atomic E-state index is 5.84. The minimum atomic E-state index is 0.650. The van der Waals surface area contributed by atoms with Gasteiger partial charge in [-0.1, -0.05) is 12.8 Å². The quantitative estimate of drug-likeness (QED) is 0.875. The van der Waals surface area contributed by atoms with Crippen LogP contribution in [-0.2, 0) is 6.42 Å². The fraction of sp³-hybridized carbons (Fsp3) is 0.692. The van der Waals surface area contributed by atoms with E-state index in [0.29, 0.717) is 12.0 Å². The molecule has 96 valence electrons. The Hall–Kier alpha value is 0.1000. The van der Waals surface area contributed by atoms with E-state index in [1.807, 2.05) is 11.3 Å². The normalized spacial score (nSPS) is 25.1. The van der Waals surface area contributed by atoms with E-state index in [1.165, 1.54) is 34.3 Å². The van der Waals surface area contributed by atoms with Gasteiger partial charge in [0.2, 0.25) is 0 Å². The molecule has 0 aliphatic heterocycles. The average Bonchev–Trinajstić information content (AvgIpc) is 2.76. The van der Waals surface area contributed by atoms with Crippen molar-refractivity contribution < 1.29 is 0 Å². The molecule has 1 aliphatic carbocycles. The first-order valence-corrected chi connectivity index (χ1v) is 8.08. The van der Waals surface area contributed by atoms with E-state index >= 15 is 0 Å². The van der Waals surface area contributed by atoms with Gasteiger partial charge in [-0.25, -0.2) is 0 Å². The molecule has 0 amide bonds. The van der Waals surface area contributed by atoms with E-state index in [-0.39, 0.29) is 0 Å². The number of nitrogens with one attached hydrogen (secondary N) is 1. The molecule has 1 aromatic rings. The molecule has 0 bridgehead atoms. The van der Waals surface area contributed by atoms with Crippen molar-refractivity contribution in [3.05, 3.63) is 20.8 Å². The molecule has 1 heterocycles. The maximum Gasteiger partial charge on any atom is 0.0701 e. The molecule has 0 radical (unpaired) electrons. The second-order valence-corrected chi connectivity index (χ2v) is 7.34. The summed E-state index contributed by atoms with van der Waals surface area (Å²) in [6.07, 6.45) is 6.45. The Morgan fingerprint density at radius 3 is 2.88 bits per heavy atom. The van der Waals surface area contributed by atoms with Gasteiger partial charge < -0.3 is 11.1 Å². The van der Waals surface area contributed by atoms with Crippen molar-refractivity contribution in [3.63, 3.8) is 0 Å². The highest BCUT2D eigenvalue weighted by Crippen LogP contribution is 2.24. The predicted molar refractivity (Wildman–Crippen MR) is 78.5 cm³/mol. The SMILES string of the molecule is NCC1CCCCC1NCCc1ccc(Br)s1. The minimum absolute atomic E-state index is 0.650. The van der Waals surface area contributed by atoms with Crippen LogP contribution in [0, 0.1) is 5.92 Å². The number of rotatable bonds is 5. The number of hydrogen-bond donors (Lipinski definition) is 2. The highest BCUT2D eigenvalue weighted by Gasteiger charge is 2.22. The summed E-state index contributed by atoms with van der Waals surface area (Å²) in [5, 5.41) is 3.69. The predicted octanol–water partition coefficient (Wildman–Crippen LogP) is 3.16. The van der Waals surface area contributed by atoms with Crippen LogP contribution in [0.25, 0.3) is 0 Å². The summed E-state index contributed by atoms with van der Waals surface area (Å²) in [5.74, 6) is 0.693. The van der Waals surface area contributed by atoms with E-state index in [4.69, 9.17) is 5.73 Å². The van der Waals surface area contributed by atoms with E-state index in [9.17, 15) is 0 Å². The van der Waals surface area contributed by atoms with Crippen molar-refractivity contribution in [1.82, 2.24) is 5.32 Å². The Bertz CT molecular complexity index is 340. The summed E-state index contributed by atoms with van der Waals surface area (Å²) >= 11 is 5.34. The van der Waals surface area contributed by atoms with Crippen LogP contribution in [0.5, 0.6) is 0 Å². The number of nitrogens with two attached hydrogens (primary N) is 1. The molecule has 1 aliphatic rings. The Labute approximate surface area is 116 Å². The highest BCUT2D eigenvalue weighted by atomic mass is 79.9. The molecule has 1 fully saturated rings. The third kappa shape index (κ3) is 4.05. The van der Waals surface area contributed by atoms with Gasteiger partial charge in [0.05, 0.1) is 3.79 Å². The highest BCUT2D eigenvalue weighted by molar-refractivity contribution is 9.11. The van der Waals surface area contributed by atoms with Crippen LogP contribution in [0.2, 0.25) is 0 Å². The van der Waals surface area contributed by atoms with E-state index < -0.39 is 0 Å². The second-order valence-electron chi connectivity index (χ2n) is 4.80. The van der Waals surface area contributed by atoms with Crippen LogP contribution in [0.4, 0.5) is 0 Å². The van der Waals surface area contributed by atoms with E-state index in [2.05, 4.69) is 33.4 Å². The third-order valence-electron chi connectivity index (χ3n) is 3.62. The lowest BCUT2D eigenvalue weighted by atomic mass is 9.84. The first kappa shape index (κ1) is 13.5. The largest absolute Gasteiger partial charge is 0.330 e. The fourth-order valence-corrected chi connectivity index (χ4v) is 4.11. The Kier molecular flexibility index (Phi) is 5.48. The molecular weight excluding hydrogens is 296 g/mol. The lowest BCUT2D eigenvalue weighted by molar-refractivity contribution is 0.269. The molecule has 17 heavy (non-hydrogen) atoms. The number of halogens is 1. The second kappa shape index (κ2) is 6.88. The van der Waals surface area contributed by atoms with Gasteiger partial charge in [-0.15, -0.1) is 11.3 Å². The first-order valence-electron chi connectivity index (χ1n) is 6.47. The smallest absolute Gasteiger partial charge is 0.0701 e. The lowest BCUT2D eigenvalue weighted by Gasteiger charge is -2.31. The average molecular weight is 317 g/mol. The van der Waals surface area contributed by atoms with Gasteiger partial charge in [-0.3, -0.25) is 0 Å². The van der Waals surface area contributed by atoms with E-state index in [0.717, 1.165) is 19.5 Å². The summed E-state index contributed by atoms with van der Waals surface area (Å²) in [6.45, 7) is 1.91. The molecule has 2 atom stereocenters. The van der Waals surface area contributed by atoms with Crippen molar-refractivity contribution >= 4 is 27.3 Å². The summed E-state index contributed by atoms with van der Waals surface area (Å²) in [7, 11) is 0. The van der Waals surface area contributed by atoms with Gasteiger partial charge >= 0.3 is 0 Å². The zero-order valence-corrected chi connectivity index (χ0v) is 12.5. The maximum absolute atomic E-state index is 5.84. The van der Waals surface area contributed by atoms with Crippen molar-refractivity contribution in [2.75, 3.05) is 13.1 Å². The Balaban J connectivity index is 1.73. The van der Waals surface area contributed by atoms with Crippen LogP contribution in [-0.4, -0.2) is 19.1 Å². The van der Waals surface area contributed by atoms with Crippen molar-refractivity contribution in [2.24, 2.45) is 11.7 Å². The van der Waals surface area contributed by atoms with Crippen molar-refractivity contribution in [3.8, 4) is 0 Å². The summed E-state index contributed by atoms with van der Waals surface area (Å²) < 4.78 is 1.23. The molecule has 0 aromatic carbocycles. The van der Waals surface area contributed by atoms with Crippen LogP contribution in [0.3, 0.4) is 0 Å². The monoisotopic (exact) mass is 316 g/mol. The fourth-order valence-electron chi connectivity index (χ4n) is 2.63. The van der Waals surface area contributed by atoms with Gasteiger partial charge in [-0.2, -0.15) is 0 Å². The summed E-state index contributed by atoms with van der Waals surface area (Å²) in [5.41, 5.74) is 5.84. The standard InChI is InChI=1S/C13H21BrN2S/c14-13-6-5-11(17-13)7-8-16-12-4-2-1-3-10(12)9-15/h5-6,10,12,16H,1-4,7-9,15H2. The molecule has 4 heteroatoms. The zero-order chi connectivity index (χ0) is 12.1. The van der Waals surface area contributed by atoms with Crippen molar-refractivity contribution in [1.29, 1.82) is 0 Å². The summed E-state index contributed by atoms with van der Waals surface area (Å²) in [4.78, 5) is 1.45.